The van der Waals surface area contributed by atoms with Crippen LogP contribution in [0.15, 0.2) is 42.7 Å². The summed E-state index contributed by atoms with van der Waals surface area (Å²) in [6.07, 6.45) is 5.63. The molecule has 0 unspecified atom stereocenters. The van der Waals surface area contributed by atoms with E-state index >= 15 is 0 Å². The van der Waals surface area contributed by atoms with E-state index in [-0.39, 0.29) is 18.5 Å². The Balaban J connectivity index is 1.39. The van der Waals surface area contributed by atoms with Crippen molar-refractivity contribution in [2.45, 2.75) is 38.4 Å². The van der Waals surface area contributed by atoms with E-state index in [2.05, 4.69) is 48.4 Å². The van der Waals surface area contributed by atoms with Gasteiger partial charge in [-0.05, 0) is 61.2 Å². The Labute approximate surface area is 215 Å². The highest BCUT2D eigenvalue weighted by Gasteiger charge is 2.26. The zero-order valence-corrected chi connectivity index (χ0v) is 20.9. The lowest BCUT2D eigenvalue weighted by Gasteiger charge is -2.18. The lowest BCUT2D eigenvalue weighted by molar-refractivity contribution is 0.0951. The van der Waals surface area contributed by atoms with E-state index in [1.807, 2.05) is 6.07 Å². The molecule has 0 saturated heterocycles. The van der Waals surface area contributed by atoms with Crippen molar-refractivity contribution in [3.63, 3.8) is 0 Å². The Kier molecular flexibility index (Phi) is 7.13. The monoisotopic (exact) mass is 502 g/mol. The summed E-state index contributed by atoms with van der Waals surface area (Å²) in [4.78, 5) is 39.5. The van der Waals surface area contributed by atoms with E-state index in [0.29, 0.717) is 28.7 Å². The van der Waals surface area contributed by atoms with E-state index < -0.39 is 6.09 Å². The summed E-state index contributed by atoms with van der Waals surface area (Å²) in [6, 6.07) is 10.00. The Morgan fingerprint density at radius 1 is 1.11 bits per heavy atom. The highest BCUT2D eigenvalue weighted by atomic mass is 16.5. The molecule has 1 saturated carbocycles. The molecule has 2 aromatic heterocycles. The first-order valence-electron chi connectivity index (χ1n) is 12.3. The molecule has 1 aliphatic heterocycles. The largest absolute Gasteiger partial charge is 0.453 e. The molecule has 1 aliphatic carbocycles. The van der Waals surface area contributed by atoms with Gasteiger partial charge in [-0.25, -0.2) is 9.78 Å². The van der Waals surface area contributed by atoms with Crippen LogP contribution in [0.1, 0.15) is 40.0 Å². The average Bonchev–Trinajstić information content (AvgIpc) is 3.72. The lowest BCUT2D eigenvalue weighted by atomic mass is 10.0. The van der Waals surface area contributed by atoms with Crippen LogP contribution < -0.4 is 21.3 Å². The minimum absolute atomic E-state index is 0.199. The van der Waals surface area contributed by atoms with Crippen molar-refractivity contribution in [3.8, 4) is 0 Å². The third-order valence-electron chi connectivity index (χ3n) is 6.26. The molecule has 192 valence electrons. The van der Waals surface area contributed by atoms with Crippen molar-refractivity contribution >= 4 is 35.1 Å². The number of amides is 2. The molecule has 11 nitrogen and oxygen atoms in total. The van der Waals surface area contributed by atoms with E-state index in [4.69, 9.17) is 4.74 Å². The van der Waals surface area contributed by atoms with Crippen molar-refractivity contribution in [1.82, 2.24) is 30.5 Å². The predicted molar refractivity (Wildman–Crippen MR) is 139 cm³/mol. The first-order valence-corrected chi connectivity index (χ1v) is 12.3. The van der Waals surface area contributed by atoms with Crippen LogP contribution in [-0.4, -0.2) is 58.6 Å². The van der Waals surface area contributed by atoms with Crippen molar-refractivity contribution in [1.29, 1.82) is 0 Å². The third kappa shape index (κ3) is 6.12. The van der Waals surface area contributed by atoms with Gasteiger partial charge in [-0.15, -0.1) is 0 Å². The number of fused-ring (bicyclic) bond motifs is 1. The number of anilines is 4. The van der Waals surface area contributed by atoms with Gasteiger partial charge < -0.3 is 30.9 Å². The third-order valence-corrected chi connectivity index (χ3v) is 6.26. The number of hydrogen-bond donors (Lipinski definition) is 4. The fraction of sp³-hybridized carbons (Fsp3) is 0.346. The molecule has 11 heteroatoms. The maximum absolute atomic E-state index is 12.9. The number of carbonyl (C=O) groups excluding carboxylic acids is 2. The molecular formula is C26H30N8O3. The number of nitrogens with zero attached hydrogens (tertiary/aromatic N) is 4. The zero-order chi connectivity index (χ0) is 25.8. The Morgan fingerprint density at radius 2 is 1.95 bits per heavy atom. The summed E-state index contributed by atoms with van der Waals surface area (Å²) >= 11 is 0. The lowest BCUT2D eigenvalue weighted by Crippen LogP contribution is -2.27. The van der Waals surface area contributed by atoms with Gasteiger partial charge >= 0.3 is 6.09 Å². The number of hydrogen-bond acceptors (Lipinski definition) is 9. The quantitative estimate of drug-likeness (QED) is 0.367. The summed E-state index contributed by atoms with van der Waals surface area (Å²) in [6.45, 7) is 2.09. The van der Waals surface area contributed by atoms with E-state index in [1.165, 1.54) is 29.3 Å². The molecule has 0 bridgehead atoms. The van der Waals surface area contributed by atoms with Crippen LogP contribution in [0, 0.1) is 0 Å². The van der Waals surface area contributed by atoms with Crippen LogP contribution in [0.5, 0.6) is 0 Å². The van der Waals surface area contributed by atoms with Gasteiger partial charge in [0.2, 0.25) is 5.95 Å². The molecule has 2 amide bonds. The molecule has 2 aliphatic rings. The molecular weight excluding hydrogens is 472 g/mol. The van der Waals surface area contributed by atoms with Crippen LogP contribution in [0.3, 0.4) is 0 Å². The number of methoxy groups -OCH3 is 1. The predicted octanol–water partition coefficient (Wildman–Crippen LogP) is 3.09. The van der Waals surface area contributed by atoms with Gasteiger partial charge in [-0.2, -0.15) is 4.98 Å². The molecule has 5 rings (SSSR count). The number of pyridine rings is 1. The number of ether oxygens (including phenoxy) is 1. The van der Waals surface area contributed by atoms with E-state index in [0.717, 1.165) is 38.0 Å². The molecule has 4 N–H and O–H groups in total. The highest BCUT2D eigenvalue weighted by Crippen LogP contribution is 2.26. The highest BCUT2D eigenvalue weighted by molar-refractivity contribution is 5.99. The van der Waals surface area contributed by atoms with Gasteiger partial charge in [0.25, 0.3) is 5.91 Å². The SMILES string of the molecule is COC(=O)N(C)Cc1cc(Nc2nc(Nc3ccc4c(c3)CCNC4)ncc2C(=O)NC2CC2)ccn1. The molecule has 0 radical (unpaired) electrons. The first kappa shape index (κ1) is 24.4. The van der Waals surface area contributed by atoms with Crippen LogP contribution in [0.25, 0.3) is 0 Å². The average molecular weight is 503 g/mol. The molecule has 3 aromatic rings. The normalized spacial score (nSPS) is 14.3. The number of benzene rings is 1. The van der Waals surface area contributed by atoms with Gasteiger partial charge in [0.1, 0.15) is 11.4 Å². The molecule has 0 atom stereocenters. The zero-order valence-electron chi connectivity index (χ0n) is 20.9. The van der Waals surface area contributed by atoms with E-state index in [9.17, 15) is 9.59 Å². The maximum atomic E-state index is 12.9. The minimum atomic E-state index is -0.454. The number of nitrogens with one attached hydrogen (secondary N) is 4. The number of carbonyl (C=O) groups is 2. The van der Waals surface area contributed by atoms with Crippen molar-refractivity contribution in [2.75, 3.05) is 31.3 Å². The van der Waals surface area contributed by atoms with Gasteiger partial charge in [0.15, 0.2) is 0 Å². The summed E-state index contributed by atoms with van der Waals surface area (Å²) in [5, 5.41) is 12.9. The van der Waals surface area contributed by atoms with Crippen LogP contribution >= 0.6 is 0 Å². The fourth-order valence-electron chi connectivity index (χ4n) is 4.12. The molecule has 1 fully saturated rings. The van der Waals surface area contributed by atoms with Crippen LogP contribution in [0.2, 0.25) is 0 Å². The molecule has 37 heavy (non-hydrogen) atoms. The smallest absolute Gasteiger partial charge is 0.409 e. The van der Waals surface area contributed by atoms with Crippen LogP contribution in [-0.2, 0) is 24.2 Å². The van der Waals surface area contributed by atoms with Crippen molar-refractivity contribution in [2.24, 2.45) is 0 Å². The second-order valence-corrected chi connectivity index (χ2v) is 9.23. The Bertz CT molecular complexity index is 1310. The second kappa shape index (κ2) is 10.8. The maximum Gasteiger partial charge on any atom is 0.409 e. The van der Waals surface area contributed by atoms with E-state index in [1.54, 1.807) is 25.4 Å². The summed E-state index contributed by atoms with van der Waals surface area (Å²) < 4.78 is 4.75. The van der Waals surface area contributed by atoms with Gasteiger partial charge in [0, 0.05) is 43.4 Å². The number of aromatic nitrogens is 3. The Morgan fingerprint density at radius 3 is 2.76 bits per heavy atom. The second-order valence-electron chi connectivity index (χ2n) is 9.23. The molecule has 0 spiro atoms. The molecule has 1 aromatic carbocycles. The van der Waals surface area contributed by atoms with Crippen molar-refractivity contribution in [3.05, 3.63) is 65.1 Å². The number of rotatable bonds is 8. The summed E-state index contributed by atoms with van der Waals surface area (Å²) in [5.41, 5.74) is 5.15. The van der Waals surface area contributed by atoms with Gasteiger partial charge in [-0.3, -0.25) is 9.78 Å². The molecule has 3 heterocycles. The van der Waals surface area contributed by atoms with Gasteiger partial charge in [-0.1, -0.05) is 6.07 Å². The topological polar surface area (TPSA) is 133 Å². The minimum Gasteiger partial charge on any atom is -0.453 e. The summed E-state index contributed by atoms with van der Waals surface area (Å²) in [7, 11) is 2.97. The first-order chi connectivity index (χ1) is 18.0. The van der Waals surface area contributed by atoms with Gasteiger partial charge in [0.05, 0.1) is 19.3 Å². The Hall–Kier alpha value is -4.25. The van der Waals surface area contributed by atoms with Crippen LogP contribution in [0.4, 0.5) is 27.9 Å². The fourth-order valence-corrected chi connectivity index (χ4v) is 4.12. The van der Waals surface area contributed by atoms with Crippen molar-refractivity contribution < 1.29 is 14.3 Å². The summed E-state index contributed by atoms with van der Waals surface area (Å²) in [5.74, 6) is 0.521. The standard InChI is InChI=1S/C26H30N8O3/c1-34(26(36)37-2)15-21-12-20(8-10-28-21)30-23-22(24(35)31-18-5-6-18)14-29-25(33-23)32-19-4-3-17-13-27-9-7-16(17)11-19/h3-4,8,10-12,14,18,27H,5-7,9,13,15H2,1-2H3,(H,31,35)(H2,28,29,30,32,33).